The maximum absolute atomic E-state index is 10.4. The van der Waals surface area contributed by atoms with Crippen LogP contribution in [-0.4, -0.2) is 20.5 Å². The average Bonchev–Trinajstić information content (AvgIpc) is 3.32. The van der Waals surface area contributed by atoms with Gasteiger partial charge in [0.2, 0.25) is 0 Å². The van der Waals surface area contributed by atoms with Gasteiger partial charge in [-0.1, -0.05) is 98.6 Å². The molecule has 3 rings (SSSR count). The molecule has 2 fully saturated rings. The molecule has 1 heterocycles. The van der Waals surface area contributed by atoms with Crippen molar-refractivity contribution in [2.75, 3.05) is 14.2 Å². The molecule has 0 atom stereocenters. The van der Waals surface area contributed by atoms with E-state index >= 15 is 0 Å². The number of ether oxygens (including phenoxy) is 1. The van der Waals surface area contributed by atoms with E-state index in [1.54, 1.807) is 31.6 Å². The zero-order valence-electron chi connectivity index (χ0n) is 27.3. The van der Waals surface area contributed by atoms with Crippen LogP contribution < -0.4 is 0 Å². The molecule has 0 bridgehead atoms. The molecule has 0 spiro atoms. The second kappa shape index (κ2) is 28.8. The summed E-state index contributed by atoms with van der Waals surface area (Å²) >= 11 is 1.57. The van der Waals surface area contributed by atoms with Crippen molar-refractivity contribution in [1.82, 2.24) is 0 Å². The Morgan fingerprint density at radius 1 is 1.00 bits per heavy atom. The molecule has 0 unspecified atom stereocenters. The van der Waals surface area contributed by atoms with E-state index in [9.17, 15) is 4.79 Å². The molecular formula is C35H66O2S. The first kappa shape index (κ1) is 41.3. The summed E-state index contributed by atoms with van der Waals surface area (Å²) in [6.45, 7) is 24.4. The summed E-state index contributed by atoms with van der Waals surface area (Å²) < 4.78 is 4.25. The van der Waals surface area contributed by atoms with Crippen LogP contribution in [0, 0.1) is 24.2 Å². The van der Waals surface area contributed by atoms with Gasteiger partial charge < -0.3 is 4.74 Å². The second-order valence-corrected chi connectivity index (χ2v) is 11.9. The number of allylic oxidation sites excluding steroid dienone is 2. The third kappa shape index (κ3) is 21.7. The molecule has 3 heteroatoms. The Labute approximate surface area is 243 Å². The molecule has 0 aromatic carbocycles. The number of aryl methyl sites for hydroxylation is 2. The predicted molar refractivity (Wildman–Crippen MR) is 176 cm³/mol. The molecule has 0 amide bonds. The van der Waals surface area contributed by atoms with Crippen LogP contribution in [0.3, 0.4) is 0 Å². The first-order chi connectivity index (χ1) is 18.2. The summed E-state index contributed by atoms with van der Waals surface area (Å²) in [6, 6.07) is 2.08. The first-order valence-electron chi connectivity index (χ1n) is 15.4. The van der Waals surface area contributed by atoms with Gasteiger partial charge in [0, 0.05) is 19.1 Å². The van der Waals surface area contributed by atoms with Gasteiger partial charge in [-0.3, -0.25) is 4.79 Å². The maximum atomic E-state index is 10.4. The molecule has 2 nitrogen and oxygen atoms in total. The van der Waals surface area contributed by atoms with Gasteiger partial charge in [0.15, 0.2) is 6.29 Å². The lowest BCUT2D eigenvalue weighted by Gasteiger charge is -2.37. The highest BCUT2D eigenvalue weighted by atomic mass is 32.1. The van der Waals surface area contributed by atoms with Gasteiger partial charge >= 0.3 is 0 Å². The fourth-order valence-corrected chi connectivity index (χ4v) is 5.62. The molecule has 1 aromatic heterocycles. The summed E-state index contributed by atoms with van der Waals surface area (Å²) in [6.07, 6.45) is 23.0. The molecular weight excluding hydrogens is 484 g/mol. The number of hydrogen-bond acceptors (Lipinski definition) is 3. The van der Waals surface area contributed by atoms with Gasteiger partial charge in [-0.05, 0) is 81.3 Å². The molecule has 0 aliphatic heterocycles. The van der Waals surface area contributed by atoms with Crippen LogP contribution in [0.2, 0.25) is 0 Å². The number of carbonyl (C=O) groups excluding carboxylic acids is 1. The van der Waals surface area contributed by atoms with Gasteiger partial charge in [-0.25, -0.2) is 0 Å². The van der Waals surface area contributed by atoms with E-state index in [2.05, 4.69) is 57.7 Å². The summed E-state index contributed by atoms with van der Waals surface area (Å²) in [5, 5.41) is 0. The van der Waals surface area contributed by atoms with Crippen LogP contribution in [0.5, 0.6) is 0 Å². The van der Waals surface area contributed by atoms with E-state index in [1.165, 1.54) is 87.5 Å². The Morgan fingerprint density at radius 2 is 1.47 bits per heavy atom. The van der Waals surface area contributed by atoms with Crippen LogP contribution in [0.4, 0.5) is 0 Å². The topological polar surface area (TPSA) is 26.3 Å². The largest absolute Gasteiger partial charge is 0.388 e. The number of carbonyl (C=O) groups is 1. The fourth-order valence-electron chi connectivity index (χ4n) is 4.69. The molecule has 2 aliphatic rings. The minimum absolute atomic E-state index is 0.516. The molecule has 0 saturated heterocycles. The van der Waals surface area contributed by atoms with E-state index < -0.39 is 0 Å². The second-order valence-electron chi connectivity index (χ2n) is 10.6. The van der Waals surface area contributed by atoms with Crippen molar-refractivity contribution in [3.63, 3.8) is 0 Å². The van der Waals surface area contributed by atoms with Crippen molar-refractivity contribution < 1.29 is 9.53 Å². The van der Waals surface area contributed by atoms with E-state index in [1.807, 2.05) is 27.7 Å². The minimum Gasteiger partial charge on any atom is -0.388 e. The van der Waals surface area contributed by atoms with Crippen LogP contribution >= 0.6 is 11.3 Å². The van der Waals surface area contributed by atoms with Crippen molar-refractivity contribution in [3.05, 3.63) is 46.7 Å². The maximum Gasteiger partial charge on any atom is 0.160 e. The highest BCUT2D eigenvalue weighted by Crippen LogP contribution is 2.43. The van der Waals surface area contributed by atoms with Gasteiger partial charge in [0.05, 0.1) is 4.88 Å². The lowest BCUT2D eigenvalue weighted by atomic mass is 9.68. The minimum atomic E-state index is 0.516. The number of aldehydes is 1. The average molecular weight is 551 g/mol. The zero-order valence-corrected chi connectivity index (χ0v) is 28.1. The molecule has 1 aromatic rings. The third-order valence-electron chi connectivity index (χ3n) is 7.08. The summed E-state index contributed by atoms with van der Waals surface area (Å²) in [4.78, 5) is 12.5. The Balaban J connectivity index is -0.000000436. The Morgan fingerprint density at radius 3 is 1.79 bits per heavy atom. The summed E-state index contributed by atoms with van der Waals surface area (Å²) in [5.41, 5.74) is 1.69. The molecule has 0 radical (unpaired) electrons. The monoisotopic (exact) mass is 550 g/mol. The molecule has 2 aliphatic carbocycles. The predicted octanol–water partition coefficient (Wildman–Crippen LogP) is 12.1. The number of rotatable bonds is 6. The fraction of sp³-hybridized carbons (Fsp3) is 0.743. The number of methoxy groups -OCH3 is 1. The lowest BCUT2D eigenvalue weighted by Crippen LogP contribution is -2.24. The van der Waals surface area contributed by atoms with Crippen LogP contribution in [0.25, 0.3) is 0 Å². The SMILES string of the molecule is C=CC.C=CC1(CCCC)CCC(C)CC1.CC.CC1CCCCC1.CCc1cc(C)sc1C=O.COC. The number of thiophene rings is 1. The summed E-state index contributed by atoms with van der Waals surface area (Å²) in [5.74, 6) is 1.99. The standard InChI is InChI=1S/C13H24.C8H10OS.C7H14.C3H6.C2H6O.C2H6/c1-4-6-9-13(5-2)10-7-12(3)8-11-13;1-3-7-4-6(2)10-8(7)5-9;1-7-5-3-2-4-6-7;2*1-3-2;1-2/h5,12H,2,4,6-11H2,1,3H3;4-5H,3H2,1-2H3;7H,2-6H2,1H3;3H,1H2,2H3;1-2H3;1-2H3. The summed E-state index contributed by atoms with van der Waals surface area (Å²) in [7, 11) is 3.25. The first-order valence-corrected chi connectivity index (χ1v) is 16.2. The Hall–Kier alpha value is -1.19. The molecule has 224 valence electrons. The number of unbranched alkanes of at least 4 members (excludes halogenated alkanes) is 1. The highest BCUT2D eigenvalue weighted by molar-refractivity contribution is 7.13. The van der Waals surface area contributed by atoms with Crippen molar-refractivity contribution in [2.45, 2.75) is 139 Å². The Bertz CT molecular complexity index is 641. The van der Waals surface area contributed by atoms with Crippen LogP contribution in [-0.2, 0) is 11.2 Å². The molecule has 2 saturated carbocycles. The van der Waals surface area contributed by atoms with E-state index in [0.717, 1.165) is 29.4 Å². The molecule has 0 N–H and O–H groups in total. The smallest absolute Gasteiger partial charge is 0.160 e. The van der Waals surface area contributed by atoms with E-state index in [4.69, 9.17) is 0 Å². The normalized spacial score (nSPS) is 20.0. The highest BCUT2D eigenvalue weighted by Gasteiger charge is 2.30. The van der Waals surface area contributed by atoms with Gasteiger partial charge in [0.25, 0.3) is 0 Å². The van der Waals surface area contributed by atoms with Crippen molar-refractivity contribution in [2.24, 2.45) is 17.3 Å². The van der Waals surface area contributed by atoms with Crippen LogP contribution in [0.1, 0.15) is 146 Å². The number of hydrogen-bond donors (Lipinski definition) is 0. The van der Waals surface area contributed by atoms with Gasteiger partial charge in [0.1, 0.15) is 0 Å². The zero-order chi connectivity index (χ0) is 29.8. The molecule has 38 heavy (non-hydrogen) atoms. The third-order valence-corrected chi connectivity index (χ3v) is 8.10. The van der Waals surface area contributed by atoms with Gasteiger partial charge in [-0.2, -0.15) is 0 Å². The van der Waals surface area contributed by atoms with Crippen molar-refractivity contribution in [1.29, 1.82) is 0 Å². The van der Waals surface area contributed by atoms with Gasteiger partial charge in [-0.15, -0.1) is 24.5 Å². The van der Waals surface area contributed by atoms with Crippen LogP contribution in [0.15, 0.2) is 31.4 Å². The Kier molecular flexibility index (Phi) is 31.3. The van der Waals surface area contributed by atoms with Crippen molar-refractivity contribution in [3.8, 4) is 0 Å². The van der Waals surface area contributed by atoms with Crippen molar-refractivity contribution >= 4 is 17.6 Å². The lowest BCUT2D eigenvalue weighted by molar-refractivity contribution is 0.112. The van der Waals surface area contributed by atoms with E-state index in [0.29, 0.717) is 5.41 Å². The quantitative estimate of drug-likeness (QED) is 0.260. The van der Waals surface area contributed by atoms with E-state index in [-0.39, 0.29) is 0 Å².